The highest BCUT2D eigenvalue weighted by molar-refractivity contribution is 5.97. The molecule has 0 unspecified atom stereocenters. The zero-order valence-electron chi connectivity index (χ0n) is 21.8. The lowest BCUT2D eigenvalue weighted by molar-refractivity contribution is 0.0523. The number of amides is 1. The van der Waals surface area contributed by atoms with E-state index in [2.05, 4.69) is 4.99 Å². The number of aromatic nitrogens is 3. The van der Waals surface area contributed by atoms with Gasteiger partial charge in [-0.25, -0.2) is 9.78 Å². The summed E-state index contributed by atoms with van der Waals surface area (Å²) in [6.45, 7) is 6.37. The van der Waals surface area contributed by atoms with Crippen LogP contribution in [0.2, 0.25) is 0 Å². The van der Waals surface area contributed by atoms with Crippen molar-refractivity contribution in [2.24, 2.45) is 4.99 Å². The molecule has 3 aromatic heterocycles. The number of ether oxygens (including phenoxy) is 3. The first-order valence-electron chi connectivity index (χ1n) is 12.4. The predicted molar refractivity (Wildman–Crippen MR) is 142 cm³/mol. The molecule has 0 saturated carbocycles. The van der Waals surface area contributed by atoms with E-state index in [1.165, 1.54) is 17.6 Å². The van der Waals surface area contributed by atoms with E-state index < -0.39 is 11.9 Å². The molecule has 1 aromatic carbocycles. The monoisotopic (exact) mass is 518 g/mol. The zero-order valence-corrected chi connectivity index (χ0v) is 21.8. The van der Waals surface area contributed by atoms with E-state index in [0.717, 1.165) is 0 Å². The summed E-state index contributed by atoms with van der Waals surface area (Å²) in [5, 5.41) is 0.203. The highest BCUT2D eigenvalue weighted by Gasteiger charge is 2.20. The van der Waals surface area contributed by atoms with Gasteiger partial charge in [-0.05, 0) is 63.6 Å². The second-order valence-electron chi connectivity index (χ2n) is 8.76. The maximum atomic E-state index is 13.4. The summed E-state index contributed by atoms with van der Waals surface area (Å²) in [5.41, 5.74) is 0.701. The van der Waals surface area contributed by atoms with Crippen LogP contribution in [0.1, 0.15) is 47.9 Å². The van der Waals surface area contributed by atoms with Crippen LogP contribution in [-0.2, 0) is 16.0 Å². The number of hydrogen-bond donors (Lipinski definition) is 0. The number of benzene rings is 1. The number of hydrogen-bond acceptors (Lipinski definition) is 7. The van der Waals surface area contributed by atoms with Crippen molar-refractivity contribution >= 4 is 28.6 Å². The van der Waals surface area contributed by atoms with E-state index >= 15 is 0 Å². The van der Waals surface area contributed by atoms with Gasteiger partial charge in [-0.1, -0.05) is 12.1 Å². The van der Waals surface area contributed by atoms with Crippen LogP contribution >= 0.6 is 0 Å². The Labute approximate surface area is 219 Å². The van der Waals surface area contributed by atoms with Crippen molar-refractivity contribution in [2.75, 3.05) is 20.3 Å². The summed E-state index contributed by atoms with van der Waals surface area (Å²) in [7, 11) is 1.50. The second-order valence-corrected chi connectivity index (χ2v) is 8.76. The van der Waals surface area contributed by atoms with E-state index in [1.54, 1.807) is 60.2 Å². The topological polar surface area (TPSA) is 113 Å². The van der Waals surface area contributed by atoms with Gasteiger partial charge in [0.05, 0.1) is 25.2 Å². The van der Waals surface area contributed by atoms with Crippen molar-refractivity contribution in [1.82, 2.24) is 14.0 Å². The van der Waals surface area contributed by atoms with Crippen molar-refractivity contribution in [1.29, 1.82) is 0 Å². The number of nitrogens with zero attached hydrogens (tertiary/aromatic N) is 4. The molecule has 0 spiro atoms. The third kappa shape index (κ3) is 5.65. The van der Waals surface area contributed by atoms with Crippen molar-refractivity contribution in [2.45, 2.75) is 39.8 Å². The quantitative estimate of drug-likeness (QED) is 0.190. The Morgan fingerprint density at radius 3 is 2.66 bits per heavy atom. The van der Waals surface area contributed by atoms with Crippen LogP contribution in [0.15, 0.2) is 64.5 Å². The van der Waals surface area contributed by atoms with Gasteiger partial charge in [-0.3, -0.25) is 14.0 Å². The number of carbonyl (C=O) groups is 2. The Bertz CT molecular complexity index is 1620. The number of fused-ring (bicyclic) bond motifs is 2. The van der Waals surface area contributed by atoms with E-state index in [1.807, 2.05) is 13.8 Å². The van der Waals surface area contributed by atoms with E-state index in [0.29, 0.717) is 30.1 Å². The molecule has 38 heavy (non-hydrogen) atoms. The van der Waals surface area contributed by atoms with Gasteiger partial charge >= 0.3 is 5.97 Å². The number of methoxy groups -OCH3 is 1. The van der Waals surface area contributed by atoms with Gasteiger partial charge in [0.1, 0.15) is 22.6 Å². The minimum absolute atomic E-state index is 0.00449. The highest BCUT2D eigenvalue weighted by atomic mass is 16.5. The molecular formula is C28H30N4O6. The Morgan fingerprint density at radius 1 is 1.11 bits per heavy atom. The minimum atomic E-state index is -0.698. The zero-order chi connectivity index (χ0) is 27.2. The molecule has 10 heteroatoms. The molecule has 0 fully saturated rings. The Kier molecular flexibility index (Phi) is 8.32. The summed E-state index contributed by atoms with van der Waals surface area (Å²) >= 11 is 0. The fraction of sp³-hybridized carbons (Fsp3) is 0.321. The van der Waals surface area contributed by atoms with Crippen molar-refractivity contribution < 1.29 is 23.8 Å². The normalized spacial score (nSPS) is 11.9. The molecule has 4 aromatic rings. The first-order valence-corrected chi connectivity index (χ1v) is 12.4. The highest BCUT2D eigenvalue weighted by Crippen LogP contribution is 2.15. The molecule has 0 bridgehead atoms. The molecule has 0 atom stereocenters. The molecule has 0 radical (unpaired) electrons. The lowest BCUT2D eigenvalue weighted by Crippen LogP contribution is -2.33. The van der Waals surface area contributed by atoms with Crippen LogP contribution in [0.5, 0.6) is 5.75 Å². The van der Waals surface area contributed by atoms with Crippen LogP contribution in [0.4, 0.5) is 0 Å². The average molecular weight is 519 g/mol. The molecule has 0 N–H and O–H groups in total. The third-order valence-corrected chi connectivity index (χ3v) is 5.79. The second kappa shape index (κ2) is 11.8. The fourth-order valence-corrected chi connectivity index (χ4v) is 4.03. The Morgan fingerprint density at radius 2 is 1.92 bits per heavy atom. The lowest BCUT2D eigenvalue weighted by Gasteiger charge is -2.15. The first-order chi connectivity index (χ1) is 18.3. The molecule has 0 saturated heterocycles. The molecule has 4 rings (SSSR count). The predicted octanol–water partition coefficient (Wildman–Crippen LogP) is 3.39. The van der Waals surface area contributed by atoms with Gasteiger partial charge in [0.25, 0.3) is 11.5 Å². The standard InChI is InChI=1S/C28H30N4O6/c1-5-37-28(35)22-17-21-24(29-23-12-6-7-13-31(23)27(21)34)32(14-9-15-38-18(2)3)25(22)30-26(33)19-10-8-11-20(16-19)36-4/h6-8,10-13,16-18H,5,9,14-15H2,1-4H3. The number of carbonyl (C=O) groups excluding carboxylic acids is 2. The van der Waals surface area contributed by atoms with Gasteiger partial charge in [-0.2, -0.15) is 4.99 Å². The van der Waals surface area contributed by atoms with Gasteiger partial charge in [0.2, 0.25) is 0 Å². The summed E-state index contributed by atoms with van der Waals surface area (Å²) in [4.78, 5) is 48.9. The minimum Gasteiger partial charge on any atom is -0.497 e. The molecular weight excluding hydrogens is 488 g/mol. The average Bonchev–Trinajstić information content (AvgIpc) is 2.92. The lowest BCUT2D eigenvalue weighted by atomic mass is 10.2. The number of rotatable bonds is 9. The molecule has 1 amide bonds. The molecule has 0 aliphatic carbocycles. The van der Waals surface area contributed by atoms with Gasteiger partial charge in [-0.15, -0.1) is 0 Å². The van der Waals surface area contributed by atoms with E-state index in [9.17, 15) is 14.4 Å². The maximum absolute atomic E-state index is 13.4. The van der Waals surface area contributed by atoms with Crippen LogP contribution in [0, 0.1) is 0 Å². The third-order valence-electron chi connectivity index (χ3n) is 5.79. The first kappa shape index (κ1) is 26.7. The van der Waals surface area contributed by atoms with Crippen LogP contribution in [0.3, 0.4) is 0 Å². The maximum Gasteiger partial charge on any atom is 0.341 e. The van der Waals surface area contributed by atoms with Crippen LogP contribution < -0.4 is 15.8 Å². The van der Waals surface area contributed by atoms with Crippen molar-refractivity contribution in [3.63, 3.8) is 0 Å². The van der Waals surface area contributed by atoms with E-state index in [4.69, 9.17) is 19.2 Å². The molecule has 0 aliphatic heterocycles. The summed E-state index contributed by atoms with van der Waals surface area (Å²) in [5.74, 6) is -0.787. The van der Waals surface area contributed by atoms with Gasteiger partial charge < -0.3 is 18.8 Å². The van der Waals surface area contributed by atoms with Gasteiger partial charge in [0.15, 0.2) is 5.49 Å². The van der Waals surface area contributed by atoms with Crippen LogP contribution in [0.25, 0.3) is 16.7 Å². The number of esters is 1. The fourth-order valence-electron chi connectivity index (χ4n) is 4.03. The Balaban J connectivity index is 2.02. The Hall–Kier alpha value is -4.31. The summed E-state index contributed by atoms with van der Waals surface area (Å²) < 4.78 is 19.2. The smallest absolute Gasteiger partial charge is 0.341 e. The van der Waals surface area contributed by atoms with Crippen molar-refractivity contribution in [3.05, 3.63) is 81.7 Å². The molecule has 10 nitrogen and oxygen atoms in total. The van der Waals surface area contributed by atoms with Crippen molar-refractivity contribution in [3.8, 4) is 5.75 Å². The number of aryl methyl sites for hydroxylation is 1. The SMILES string of the molecule is CCOC(=O)c1cc2c(=O)n3ccccc3nc2n(CCCOC(C)C)c1=NC(=O)c1cccc(OC)c1. The largest absolute Gasteiger partial charge is 0.497 e. The molecule has 0 aliphatic rings. The van der Waals surface area contributed by atoms with Crippen LogP contribution in [-0.4, -0.2) is 52.3 Å². The molecule has 3 heterocycles. The van der Waals surface area contributed by atoms with E-state index in [-0.39, 0.29) is 46.8 Å². The summed E-state index contributed by atoms with van der Waals surface area (Å²) in [6, 6.07) is 13.2. The van der Waals surface area contributed by atoms with Gasteiger partial charge in [0, 0.05) is 24.9 Å². The molecule has 198 valence electrons. The number of pyridine rings is 2. The summed E-state index contributed by atoms with van der Waals surface area (Å²) in [6.07, 6.45) is 2.17.